The lowest BCUT2D eigenvalue weighted by molar-refractivity contribution is -0.138. The van der Waals surface area contributed by atoms with Gasteiger partial charge >= 0.3 is 5.97 Å². The van der Waals surface area contributed by atoms with Crippen molar-refractivity contribution in [3.8, 4) is 18.4 Å². The first-order valence-electron chi connectivity index (χ1n) is 6.02. The van der Waals surface area contributed by atoms with E-state index in [1.807, 2.05) is 35.0 Å². The Labute approximate surface area is 116 Å². The van der Waals surface area contributed by atoms with E-state index in [2.05, 4.69) is 12.0 Å². The molecule has 1 N–H and O–H groups in total. The third kappa shape index (κ3) is 2.80. The number of hydrogen-bond donors (Lipinski definition) is 1. The first kappa shape index (κ1) is 13.7. The number of carboxylic acids is 1. The minimum Gasteiger partial charge on any atom is -0.480 e. The van der Waals surface area contributed by atoms with E-state index < -0.39 is 5.97 Å². The van der Waals surface area contributed by atoms with Gasteiger partial charge in [0.05, 0.1) is 24.2 Å². The van der Waals surface area contributed by atoms with Crippen LogP contribution in [0.1, 0.15) is 11.1 Å². The van der Waals surface area contributed by atoms with Crippen LogP contribution in [0.2, 0.25) is 0 Å². The van der Waals surface area contributed by atoms with E-state index in [0.717, 1.165) is 11.1 Å². The zero-order valence-electron chi connectivity index (χ0n) is 10.8. The smallest absolute Gasteiger partial charge is 0.317 e. The summed E-state index contributed by atoms with van der Waals surface area (Å²) < 4.78 is 1.85. The van der Waals surface area contributed by atoms with Gasteiger partial charge in [-0.05, 0) is 12.1 Å². The minimum atomic E-state index is -0.942. The van der Waals surface area contributed by atoms with Gasteiger partial charge in [0.2, 0.25) is 0 Å². The van der Waals surface area contributed by atoms with Crippen molar-refractivity contribution >= 4 is 11.5 Å². The first-order chi connectivity index (χ1) is 9.65. The van der Waals surface area contributed by atoms with E-state index >= 15 is 0 Å². The minimum absolute atomic E-state index is 0.152. The molecule has 20 heavy (non-hydrogen) atoms. The summed E-state index contributed by atoms with van der Waals surface area (Å²) in [5.41, 5.74) is 2.13. The fourth-order valence-corrected chi connectivity index (χ4v) is 2.16. The standard InChI is InChI=1S/C15H13N3O2/c1-2-6-17(11-15(19)20)9-12-10-18-7-4-3-5-14(18)13(12)8-16/h1,3-5,7,10H,6,9,11H2,(H,19,20). The van der Waals surface area contributed by atoms with Gasteiger partial charge in [-0.25, -0.2) is 0 Å². The highest BCUT2D eigenvalue weighted by molar-refractivity contribution is 5.69. The fourth-order valence-electron chi connectivity index (χ4n) is 2.16. The van der Waals surface area contributed by atoms with Crippen molar-refractivity contribution in [2.24, 2.45) is 0 Å². The molecule has 0 aliphatic heterocycles. The topological polar surface area (TPSA) is 68.7 Å². The number of aromatic nitrogens is 1. The van der Waals surface area contributed by atoms with Crippen molar-refractivity contribution in [3.05, 3.63) is 41.7 Å². The van der Waals surface area contributed by atoms with Crippen molar-refractivity contribution in [3.63, 3.8) is 0 Å². The highest BCUT2D eigenvalue weighted by Gasteiger charge is 2.15. The molecule has 2 aromatic rings. The number of nitriles is 1. The van der Waals surface area contributed by atoms with E-state index in [1.54, 1.807) is 4.90 Å². The summed E-state index contributed by atoms with van der Waals surface area (Å²) in [6, 6.07) is 7.75. The Hall–Kier alpha value is -2.76. The molecule has 5 heteroatoms. The Morgan fingerprint density at radius 2 is 2.30 bits per heavy atom. The van der Waals surface area contributed by atoms with E-state index in [9.17, 15) is 10.1 Å². The molecular formula is C15H13N3O2. The Balaban J connectivity index is 2.35. The summed E-state index contributed by atoms with van der Waals surface area (Å²) >= 11 is 0. The fraction of sp³-hybridized carbons (Fsp3) is 0.200. The Kier molecular flexibility index (Phi) is 4.05. The van der Waals surface area contributed by atoms with Crippen LogP contribution in [0.4, 0.5) is 0 Å². The lowest BCUT2D eigenvalue weighted by atomic mass is 10.1. The summed E-state index contributed by atoms with van der Waals surface area (Å²) in [6.45, 7) is 0.408. The largest absolute Gasteiger partial charge is 0.480 e. The molecule has 0 bridgehead atoms. The van der Waals surface area contributed by atoms with Crippen LogP contribution < -0.4 is 0 Å². The Morgan fingerprint density at radius 1 is 1.50 bits per heavy atom. The van der Waals surface area contributed by atoms with Crippen molar-refractivity contribution < 1.29 is 9.90 Å². The van der Waals surface area contributed by atoms with Gasteiger partial charge in [-0.1, -0.05) is 12.0 Å². The van der Waals surface area contributed by atoms with E-state index in [1.165, 1.54) is 0 Å². The Morgan fingerprint density at radius 3 is 2.95 bits per heavy atom. The molecule has 0 unspecified atom stereocenters. The van der Waals surface area contributed by atoms with Crippen LogP contribution in [0.25, 0.3) is 5.52 Å². The highest BCUT2D eigenvalue weighted by atomic mass is 16.4. The molecule has 100 valence electrons. The molecule has 0 spiro atoms. The second kappa shape index (κ2) is 5.92. The molecule has 0 radical (unpaired) electrons. The maximum atomic E-state index is 10.8. The number of rotatable bonds is 5. The zero-order valence-corrected chi connectivity index (χ0v) is 10.8. The van der Waals surface area contributed by atoms with Crippen molar-refractivity contribution in [2.45, 2.75) is 6.54 Å². The Bertz CT molecular complexity index is 719. The zero-order chi connectivity index (χ0) is 14.5. The molecule has 0 atom stereocenters. The second-order valence-electron chi connectivity index (χ2n) is 4.38. The van der Waals surface area contributed by atoms with Crippen LogP contribution in [0.3, 0.4) is 0 Å². The van der Waals surface area contributed by atoms with Gasteiger partial charge < -0.3 is 9.51 Å². The molecule has 5 nitrogen and oxygen atoms in total. The molecular weight excluding hydrogens is 254 g/mol. The number of terminal acetylenes is 1. The quantitative estimate of drug-likeness (QED) is 0.830. The van der Waals surface area contributed by atoms with Gasteiger partial charge in [0, 0.05) is 24.5 Å². The van der Waals surface area contributed by atoms with E-state index in [-0.39, 0.29) is 13.1 Å². The second-order valence-corrected chi connectivity index (χ2v) is 4.38. The number of carbonyl (C=O) groups is 1. The summed E-state index contributed by atoms with van der Waals surface area (Å²) in [5.74, 6) is 1.50. The third-order valence-electron chi connectivity index (χ3n) is 2.94. The van der Waals surface area contributed by atoms with Gasteiger partial charge in [-0.15, -0.1) is 6.42 Å². The molecule has 0 fully saturated rings. The average Bonchev–Trinajstić information content (AvgIpc) is 2.75. The van der Waals surface area contributed by atoms with Crippen LogP contribution in [-0.2, 0) is 11.3 Å². The van der Waals surface area contributed by atoms with Crippen molar-refractivity contribution in [1.82, 2.24) is 9.30 Å². The molecule has 2 rings (SSSR count). The van der Waals surface area contributed by atoms with E-state index in [0.29, 0.717) is 12.1 Å². The van der Waals surface area contributed by atoms with Gasteiger partial charge in [0.15, 0.2) is 0 Å². The van der Waals surface area contributed by atoms with Crippen LogP contribution in [0.5, 0.6) is 0 Å². The summed E-state index contributed by atoms with van der Waals surface area (Å²) in [6.07, 6.45) is 8.93. The predicted octanol–water partition coefficient (Wildman–Crippen LogP) is 1.33. The first-order valence-corrected chi connectivity index (χ1v) is 6.02. The van der Waals surface area contributed by atoms with Crippen molar-refractivity contribution in [1.29, 1.82) is 5.26 Å². The van der Waals surface area contributed by atoms with Crippen molar-refractivity contribution in [2.75, 3.05) is 13.1 Å². The molecule has 0 saturated heterocycles. The molecule has 0 saturated carbocycles. The molecule has 2 heterocycles. The SMILES string of the molecule is C#CCN(CC(=O)O)Cc1cn2ccccc2c1C#N. The maximum Gasteiger partial charge on any atom is 0.317 e. The summed E-state index contributed by atoms with van der Waals surface area (Å²) in [7, 11) is 0. The van der Waals surface area contributed by atoms with E-state index in [4.69, 9.17) is 11.5 Å². The van der Waals surface area contributed by atoms with Crippen LogP contribution >= 0.6 is 0 Å². The normalized spacial score (nSPS) is 10.3. The lowest BCUT2D eigenvalue weighted by Gasteiger charge is -2.16. The molecule has 0 aliphatic carbocycles. The summed E-state index contributed by atoms with van der Waals surface area (Å²) in [5, 5.41) is 18.2. The molecule has 0 aromatic carbocycles. The average molecular weight is 267 g/mol. The molecule has 0 amide bonds. The maximum absolute atomic E-state index is 10.8. The monoisotopic (exact) mass is 267 g/mol. The van der Waals surface area contributed by atoms with Crippen LogP contribution in [0.15, 0.2) is 30.6 Å². The number of pyridine rings is 1. The van der Waals surface area contributed by atoms with Gasteiger partial charge in [-0.2, -0.15) is 5.26 Å². The number of fused-ring (bicyclic) bond motifs is 1. The van der Waals surface area contributed by atoms with Gasteiger partial charge in [0.1, 0.15) is 6.07 Å². The number of nitrogens with zero attached hydrogens (tertiary/aromatic N) is 3. The molecule has 0 aliphatic rings. The van der Waals surface area contributed by atoms with Gasteiger partial charge in [0.25, 0.3) is 0 Å². The lowest BCUT2D eigenvalue weighted by Crippen LogP contribution is -2.29. The predicted molar refractivity (Wildman–Crippen MR) is 73.9 cm³/mol. The third-order valence-corrected chi connectivity index (χ3v) is 2.94. The molecule has 2 aromatic heterocycles. The van der Waals surface area contributed by atoms with Crippen LogP contribution in [-0.4, -0.2) is 33.5 Å². The number of aliphatic carboxylic acids is 1. The highest BCUT2D eigenvalue weighted by Crippen LogP contribution is 2.19. The van der Waals surface area contributed by atoms with Crippen LogP contribution in [0, 0.1) is 23.7 Å². The summed E-state index contributed by atoms with van der Waals surface area (Å²) in [4.78, 5) is 12.4. The number of hydrogen-bond acceptors (Lipinski definition) is 3. The number of carboxylic acid groups (broad SMARTS) is 1. The van der Waals surface area contributed by atoms with Gasteiger partial charge in [-0.3, -0.25) is 9.69 Å².